The third kappa shape index (κ3) is 2.60. The number of hydrogen-bond donors (Lipinski definition) is 1. The number of para-hydroxylation sites is 1. The molecule has 16 heavy (non-hydrogen) atoms. The maximum Gasteiger partial charge on any atom is 0.0497 e. The molecule has 0 unspecified atom stereocenters. The van der Waals surface area contributed by atoms with Gasteiger partial charge in [0.2, 0.25) is 0 Å². The Hall–Kier alpha value is -0.930. The zero-order valence-electron chi connectivity index (χ0n) is 9.49. The molecule has 0 saturated heterocycles. The van der Waals surface area contributed by atoms with Crippen molar-refractivity contribution in [1.29, 1.82) is 0 Å². The number of hydrogen-bond acceptors (Lipinski definition) is 3. The Morgan fingerprint density at radius 2 is 2.06 bits per heavy atom. The van der Waals surface area contributed by atoms with Gasteiger partial charge in [0.05, 0.1) is 0 Å². The van der Waals surface area contributed by atoms with Crippen molar-refractivity contribution in [2.45, 2.75) is 18.4 Å². The average molecular weight is 249 g/mol. The smallest absolute Gasteiger partial charge is 0.0497 e. The van der Waals surface area contributed by atoms with Gasteiger partial charge in [-0.3, -0.25) is 0 Å². The maximum atomic E-state index is 3.50. The fourth-order valence-electron chi connectivity index (χ4n) is 1.55. The fourth-order valence-corrected chi connectivity index (χ4v) is 2.97. The van der Waals surface area contributed by atoms with Crippen LogP contribution in [0.3, 0.4) is 0 Å². The van der Waals surface area contributed by atoms with E-state index < -0.39 is 0 Å². The maximum absolute atomic E-state index is 3.50. The topological polar surface area (TPSA) is 12.0 Å². The highest BCUT2D eigenvalue weighted by Gasteiger charge is 2.02. The summed E-state index contributed by atoms with van der Waals surface area (Å²) in [5.74, 6) is 0. The molecule has 1 aromatic carbocycles. The van der Waals surface area contributed by atoms with E-state index in [0.717, 1.165) is 6.54 Å². The van der Waals surface area contributed by atoms with Crippen LogP contribution in [0.5, 0.6) is 0 Å². The van der Waals surface area contributed by atoms with E-state index in [4.69, 9.17) is 0 Å². The normalized spacial score (nSPS) is 10.4. The summed E-state index contributed by atoms with van der Waals surface area (Å²) in [7, 11) is 0. The molecule has 1 aromatic heterocycles. The van der Waals surface area contributed by atoms with Crippen molar-refractivity contribution in [3.05, 3.63) is 46.2 Å². The quantitative estimate of drug-likeness (QED) is 0.806. The van der Waals surface area contributed by atoms with Gasteiger partial charge in [-0.2, -0.15) is 0 Å². The molecule has 84 valence electrons. The molecule has 1 nitrogen and oxygen atoms in total. The van der Waals surface area contributed by atoms with Crippen molar-refractivity contribution < 1.29 is 0 Å². The third-order valence-electron chi connectivity index (χ3n) is 2.51. The molecule has 1 N–H and O–H groups in total. The number of benzene rings is 1. The van der Waals surface area contributed by atoms with Crippen LogP contribution in [0.1, 0.15) is 10.4 Å². The van der Waals surface area contributed by atoms with Crippen LogP contribution in [0, 0.1) is 6.92 Å². The number of nitrogens with one attached hydrogen (secondary N) is 1. The molecule has 0 amide bonds. The van der Waals surface area contributed by atoms with E-state index in [1.165, 1.54) is 21.0 Å². The molecule has 0 aliphatic carbocycles. The number of thioether (sulfide) groups is 1. The van der Waals surface area contributed by atoms with Crippen LogP contribution < -0.4 is 5.32 Å². The SMILES string of the molecule is CSc1ccccc1NCc1sccc1C. The van der Waals surface area contributed by atoms with Gasteiger partial charge in [0.1, 0.15) is 0 Å². The van der Waals surface area contributed by atoms with Crippen LogP contribution in [0.2, 0.25) is 0 Å². The highest BCUT2D eigenvalue weighted by molar-refractivity contribution is 7.98. The Kier molecular flexibility index (Phi) is 3.91. The van der Waals surface area contributed by atoms with Gasteiger partial charge in [-0.05, 0) is 42.3 Å². The van der Waals surface area contributed by atoms with Gasteiger partial charge in [-0.15, -0.1) is 23.1 Å². The summed E-state index contributed by atoms with van der Waals surface area (Å²) in [6, 6.07) is 10.6. The second-order valence-corrected chi connectivity index (χ2v) is 5.43. The first kappa shape index (κ1) is 11.6. The third-order valence-corrected chi connectivity index (χ3v) is 4.33. The standard InChI is InChI=1S/C13H15NS2/c1-10-7-8-16-13(10)9-14-11-5-3-4-6-12(11)15-2/h3-8,14H,9H2,1-2H3. The molecule has 2 rings (SSSR count). The molecule has 1 heterocycles. The van der Waals surface area contributed by atoms with Crippen LogP contribution in [-0.2, 0) is 6.54 Å². The van der Waals surface area contributed by atoms with Gasteiger partial charge in [0, 0.05) is 22.0 Å². The lowest BCUT2D eigenvalue weighted by atomic mass is 10.2. The summed E-state index contributed by atoms with van der Waals surface area (Å²) in [4.78, 5) is 2.72. The molecular formula is C13H15NS2. The summed E-state index contributed by atoms with van der Waals surface area (Å²) < 4.78 is 0. The molecule has 2 aromatic rings. The molecule has 0 aliphatic rings. The first-order valence-corrected chi connectivity index (χ1v) is 7.31. The summed E-state index contributed by atoms with van der Waals surface area (Å²) in [6.07, 6.45) is 2.11. The highest BCUT2D eigenvalue weighted by atomic mass is 32.2. The minimum atomic E-state index is 0.918. The van der Waals surface area contributed by atoms with Gasteiger partial charge in [-0.25, -0.2) is 0 Å². The lowest BCUT2D eigenvalue weighted by Gasteiger charge is -2.09. The second kappa shape index (κ2) is 5.41. The van der Waals surface area contributed by atoms with Crippen molar-refractivity contribution in [3.63, 3.8) is 0 Å². The average Bonchev–Trinajstić information content (AvgIpc) is 2.72. The molecular weight excluding hydrogens is 234 g/mol. The largest absolute Gasteiger partial charge is 0.379 e. The molecule has 0 atom stereocenters. The zero-order valence-corrected chi connectivity index (χ0v) is 11.1. The van der Waals surface area contributed by atoms with Crippen LogP contribution in [0.15, 0.2) is 40.6 Å². The molecule has 0 fully saturated rings. The van der Waals surface area contributed by atoms with Gasteiger partial charge < -0.3 is 5.32 Å². The molecule has 3 heteroatoms. The van der Waals surface area contributed by atoms with Crippen molar-refractivity contribution in [1.82, 2.24) is 0 Å². The Bertz CT molecular complexity index is 462. The summed E-state index contributed by atoms with van der Waals surface area (Å²) in [6.45, 7) is 3.08. The lowest BCUT2D eigenvalue weighted by Crippen LogP contribution is -1.99. The molecule has 0 saturated carbocycles. The van der Waals surface area contributed by atoms with E-state index in [0.29, 0.717) is 0 Å². The molecule has 0 spiro atoms. The van der Waals surface area contributed by atoms with E-state index in [1.807, 2.05) is 11.3 Å². The minimum Gasteiger partial charge on any atom is -0.379 e. The zero-order chi connectivity index (χ0) is 11.4. The fraction of sp³-hybridized carbons (Fsp3) is 0.231. The summed E-state index contributed by atoms with van der Waals surface area (Å²) >= 11 is 3.59. The first-order chi connectivity index (χ1) is 7.81. The van der Waals surface area contributed by atoms with Gasteiger partial charge in [0.25, 0.3) is 0 Å². The monoisotopic (exact) mass is 249 g/mol. The summed E-state index contributed by atoms with van der Waals surface area (Å²) in [5, 5.41) is 5.64. The van der Waals surface area contributed by atoms with Crippen LogP contribution in [-0.4, -0.2) is 6.26 Å². The predicted octanol–water partition coefficient (Wildman–Crippen LogP) is 4.39. The number of anilines is 1. The van der Waals surface area contributed by atoms with Crippen LogP contribution in [0.25, 0.3) is 0 Å². The van der Waals surface area contributed by atoms with Crippen molar-refractivity contribution in [2.24, 2.45) is 0 Å². The Labute approximate surface area is 105 Å². The van der Waals surface area contributed by atoms with E-state index in [1.54, 1.807) is 11.8 Å². The highest BCUT2D eigenvalue weighted by Crippen LogP contribution is 2.26. The van der Waals surface area contributed by atoms with E-state index >= 15 is 0 Å². The van der Waals surface area contributed by atoms with Crippen molar-refractivity contribution in [2.75, 3.05) is 11.6 Å². The van der Waals surface area contributed by atoms with E-state index in [2.05, 4.69) is 54.2 Å². The summed E-state index contributed by atoms with van der Waals surface area (Å²) in [5.41, 5.74) is 2.60. The van der Waals surface area contributed by atoms with Crippen LogP contribution >= 0.6 is 23.1 Å². The molecule has 0 aliphatic heterocycles. The van der Waals surface area contributed by atoms with Gasteiger partial charge >= 0.3 is 0 Å². The van der Waals surface area contributed by atoms with Gasteiger partial charge in [-0.1, -0.05) is 12.1 Å². The number of aryl methyl sites for hydroxylation is 1. The van der Waals surface area contributed by atoms with E-state index in [-0.39, 0.29) is 0 Å². The Morgan fingerprint density at radius 1 is 1.25 bits per heavy atom. The molecule has 0 bridgehead atoms. The number of rotatable bonds is 4. The van der Waals surface area contributed by atoms with Gasteiger partial charge in [0.15, 0.2) is 0 Å². The second-order valence-electron chi connectivity index (χ2n) is 3.58. The van der Waals surface area contributed by atoms with E-state index in [9.17, 15) is 0 Å². The van der Waals surface area contributed by atoms with Crippen LogP contribution in [0.4, 0.5) is 5.69 Å². The Balaban J connectivity index is 2.07. The lowest BCUT2D eigenvalue weighted by molar-refractivity contribution is 1.15. The van der Waals surface area contributed by atoms with Crippen molar-refractivity contribution >= 4 is 28.8 Å². The predicted molar refractivity (Wildman–Crippen MR) is 74.6 cm³/mol. The Morgan fingerprint density at radius 3 is 2.75 bits per heavy atom. The molecule has 0 radical (unpaired) electrons. The minimum absolute atomic E-state index is 0.918. The van der Waals surface area contributed by atoms with Crippen molar-refractivity contribution in [3.8, 4) is 0 Å². The first-order valence-electron chi connectivity index (χ1n) is 5.21. The number of thiophene rings is 1.